The first-order valence-corrected chi connectivity index (χ1v) is 5.54. The Balaban J connectivity index is 2.59. The summed E-state index contributed by atoms with van der Waals surface area (Å²) in [6, 6.07) is 10.0. The van der Waals surface area contributed by atoms with Crippen LogP contribution >= 0.6 is 0 Å². The number of hydrogen-bond donors (Lipinski definition) is 0. The minimum atomic E-state index is 0.799. The SMILES string of the molecule is COc1ccc(-n2c(C)ccc2C)c(OC)c1. The van der Waals surface area contributed by atoms with Gasteiger partial charge in [-0.3, -0.25) is 0 Å². The quantitative estimate of drug-likeness (QED) is 0.810. The second-order valence-corrected chi connectivity index (χ2v) is 3.99. The highest BCUT2D eigenvalue weighted by Gasteiger charge is 2.10. The number of hydrogen-bond acceptors (Lipinski definition) is 2. The summed E-state index contributed by atoms with van der Waals surface area (Å²) in [6.45, 7) is 4.16. The lowest BCUT2D eigenvalue weighted by molar-refractivity contribution is 0.393. The van der Waals surface area contributed by atoms with E-state index in [1.165, 1.54) is 11.4 Å². The Labute approximate surface area is 102 Å². The number of methoxy groups -OCH3 is 2. The van der Waals surface area contributed by atoms with Crippen LogP contribution in [-0.2, 0) is 0 Å². The maximum atomic E-state index is 5.42. The topological polar surface area (TPSA) is 23.4 Å². The zero-order valence-electron chi connectivity index (χ0n) is 10.7. The van der Waals surface area contributed by atoms with Gasteiger partial charge in [-0.2, -0.15) is 0 Å². The molecule has 0 bridgehead atoms. The molecule has 17 heavy (non-hydrogen) atoms. The minimum absolute atomic E-state index is 0.799. The van der Waals surface area contributed by atoms with Crippen molar-refractivity contribution < 1.29 is 9.47 Å². The monoisotopic (exact) mass is 231 g/mol. The van der Waals surface area contributed by atoms with Crippen LogP contribution in [0.15, 0.2) is 30.3 Å². The largest absolute Gasteiger partial charge is 0.497 e. The highest BCUT2D eigenvalue weighted by atomic mass is 16.5. The highest BCUT2D eigenvalue weighted by Crippen LogP contribution is 2.29. The summed E-state index contributed by atoms with van der Waals surface area (Å²) in [4.78, 5) is 0. The molecule has 0 atom stereocenters. The van der Waals surface area contributed by atoms with E-state index in [0.29, 0.717) is 0 Å². The number of nitrogens with zero attached hydrogens (tertiary/aromatic N) is 1. The molecule has 0 aliphatic carbocycles. The van der Waals surface area contributed by atoms with Crippen molar-refractivity contribution in [1.82, 2.24) is 4.57 Å². The molecule has 1 aromatic heterocycles. The Bertz CT molecular complexity index is 510. The molecule has 0 radical (unpaired) electrons. The van der Waals surface area contributed by atoms with E-state index in [9.17, 15) is 0 Å². The fourth-order valence-corrected chi connectivity index (χ4v) is 2.02. The van der Waals surface area contributed by atoms with E-state index in [0.717, 1.165) is 17.2 Å². The molecular formula is C14H17NO2. The first-order chi connectivity index (χ1) is 8.17. The van der Waals surface area contributed by atoms with Gasteiger partial charge in [0.1, 0.15) is 11.5 Å². The average Bonchev–Trinajstić information content (AvgIpc) is 2.68. The number of aryl methyl sites for hydroxylation is 2. The predicted octanol–water partition coefficient (Wildman–Crippen LogP) is 3.11. The summed E-state index contributed by atoms with van der Waals surface area (Å²) in [5, 5.41) is 0. The Kier molecular flexibility index (Phi) is 3.09. The van der Waals surface area contributed by atoms with Crippen LogP contribution in [0.25, 0.3) is 5.69 Å². The lowest BCUT2D eigenvalue weighted by Gasteiger charge is -2.14. The summed E-state index contributed by atoms with van der Waals surface area (Å²) in [7, 11) is 3.33. The van der Waals surface area contributed by atoms with Gasteiger partial charge in [-0.25, -0.2) is 0 Å². The molecule has 1 aromatic carbocycles. The van der Waals surface area contributed by atoms with E-state index in [1.807, 2.05) is 18.2 Å². The third-order valence-corrected chi connectivity index (χ3v) is 2.90. The van der Waals surface area contributed by atoms with Gasteiger partial charge in [0.05, 0.1) is 19.9 Å². The Morgan fingerprint density at radius 1 is 0.882 bits per heavy atom. The maximum absolute atomic E-state index is 5.42. The van der Waals surface area contributed by atoms with Crippen LogP contribution in [0.2, 0.25) is 0 Å². The van der Waals surface area contributed by atoms with Crippen LogP contribution in [0.4, 0.5) is 0 Å². The van der Waals surface area contributed by atoms with Crippen molar-refractivity contribution in [1.29, 1.82) is 0 Å². The van der Waals surface area contributed by atoms with Gasteiger partial charge in [-0.15, -0.1) is 0 Å². The summed E-state index contributed by atoms with van der Waals surface area (Å²) in [6.07, 6.45) is 0. The first kappa shape index (κ1) is 11.6. The van der Waals surface area contributed by atoms with Crippen molar-refractivity contribution in [3.05, 3.63) is 41.7 Å². The van der Waals surface area contributed by atoms with Crippen LogP contribution in [0.3, 0.4) is 0 Å². The molecule has 0 saturated carbocycles. The molecule has 0 aliphatic heterocycles. The third kappa shape index (κ3) is 2.00. The molecule has 0 N–H and O–H groups in total. The number of ether oxygens (including phenoxy) is 2. The van der Waals surface area contributed by atoms with E-state index in [-0.39, 0.29) is 0 Å². The lowest BCUT2D eigenvalue weighted by atomic mass is 10.2. The van der Waals surface area contributed by atoms with Gasteiger partial charge in [0.25, 0.3) is 0 Å². The van der Waals surface area contributed by atoms with Crippen molar-refractivity contribution in [2.24, 2.45) is 0 Å². The van der Waals surface area contributed by atoms with Crippen molar-refractivity contribution >= 4 is 0 Å². The van der Waals surface area contributed by atoms with Crippen LogP contribution in [0, 0.1) is 13.8 Å². The van der Waals surface area contributed by atoms with Crippen molar-refractivity contribution in [3.63, 3.8) is 0 Å². The van der Waals surface area contributed by atoms with E-state index in [2.05, 4.69) is 30.5 Å². The van der Waals surface area contributed by atoms with E-state index in [4.69, 9.17) is 9.47 Å². The molecule has 1 heterocycles. The number of aromatic nitrogens is 1. The van der Waals surface area contributed by atoms with E-state index in [1.54, 1.807) is 14.2 Å². The fourth-order valence-electron chi connectivity index (χ4n) is 2.02. The second-order valence-electron chi connectivity index (χ2n) is 3.99. The molecule has 0 saturated heterocycles. The maximum Gasteiger partial charge on any atom is 0.146 e. The van der Waals surface area contributed by atoms with Gasteiger partial charge in [0.2, 0.25) is 0 Å². The third-order valence-electron chi connectivity index (χ3n) is 2.90. The standard InChI is InChI=1S/C14H17NO2/c1-10-5-6-11(2)15(10)13-8-7-12(16-3)9-14(13)17-4/h5-9H,1-4H3. The molecule has 3 heteroatoms. The Hall–Kier alpha value is -1.90. The molecule has 0 aliphatic rings. The first-order valence-electron chi connectivity index (χ1n) is 5.54. The smallest absolute Gasteiger partial charge is 0.146 e. The summed E-state index contributed by atoms with van der Waals surface area (Å²) >= 11 is 0. The van der Waals surface area contributed by atoms with Gasteiger partial charge in [-0.1, -0.05) is 0 Å². The molecule has 0 amide bonds. The van der Waals surface area contributed by atoms with Crippen LogP contribution < -0.4 is 9.47 Å². The zero-order chi connectivity index (χ0) is 12.4. The van der Waals surface area contributed by atoms with Crippen LogP contribution in [-0.4, -0.2) is 18.8 Å². The van der Waals surface area contributed by atoms with E-state index >= 15 is 0 Å². The molecular weight excluding hydrogens is 214 g/mol. The van der Waals surface area contributed by atoms with Gasteiger partial charge >= 0.3 is 0 Å². The van der Waals surface area contributed by atoms with Crippen molar-refractivity contribution in [3.8, 4) is 17.2 Å². The lowest BCUT2D eigenvalue weighted by Crippen LogP contribution is -2.01. The molecule has 0 fully saturated rings. The number of benzene rings is 1. The van der Waals surface area contributed by atoms with Gasteiger partial charge in [-0.05, 0) is 38.1 Å². The summed E-state index contributed by atoms with van der Waals surface area (Å²) < 4.78 is 12.8. The van der Waals surface area contributed by atoms with Gasteiger partial charge in [0.15, 0.2) is 0 Å². The fraction of sp³-hybridized carbons (Fsp3) is 0.286. The molecule has 3 nitrogen and oxygen atoms in total. The van der Waals surface area contributed by atoms with Crippen LogP contribution in [0.5, 0.6) is 11.5 Å². The Morgan fingerprint density at radius 3 is 2.06 bits per heavy atom. The number of rotatable bonds is 3. The van der Waals surface area contributed by atoms with Crippen molar-refractivity contribution in [2.75, 3.05) is 14.2 Å². The molecule has 90 valence electrons. The van der Waals surface area contributed by atoms with Gasteiger partial charge < -0.3 is 14.0 Å². The normalized spacial score (nSPS) is 10.4. The summed E-state index contributed by atoms with van der Waals surface area (Å²) in [5.41, 5.74) is 3.41. The molecule has 2 aromatic rings. The summed E-state index contributed by atoms with van der Waals surface area (Å²) in [5.74, 6) is 1.61. The zero-order valence-corrected chi connectivity index (χ0v) is 10.7. The van der Waals surface area contributed by atoms with Crippen LogP contribution in [0.1, 0.15) is 11.4 Å². The second kappa shape index (κ2) is 4.53. The molecule has 0 unspecified atom stereocenters. The Morgan fingerprint density at radius 2 is 1.53 bits per heavy atom. The average molecular weight is 231 g/mol. The van der Waals surface area contributed by atoms with E-state index < -0.39 is 0 Å². The molecule has 0 spiro atoms. The predicted molar refractivity (Wildman–Crippen MR) is 68.3 cm³/mol. The minimum Gasteiger partial charge on any atom is -0.497 e. The molecule has 2 rings (SSSR count). The van der Waals surface area contributed by atoms with Gasteiger partial charge in [0, 0.05) is 17.5 Å². The highest BCUT2D eigenvalue weighted by molar-refractivity contribution is 5.53. The van der Waals surface area contributed by atoms with Crippen molar-refractivity contribution in [2.45, 2.75) is 13.8 Å².